The van der Waals surface area contributed by atoms with Gasteiger partial charge in [0.2, 0.25) is 5.91 Å². The number of amides is 2. The molecule has 1 rings (SSSR count). The van der Waals surface area contributed by atoms with Gasteiger partial charge >= 0.3 is 0 Å². The van der Waals surface area contributed by atoms with E-state index in [1.807, 2.05) is 6.26 Å². The second-order valence-electron chi connectivity index (χ2n) is 4.77. The van der Waals surface area contributed by atoms with E-state index in [1.165, 1.54) is 4.90 Å². The molecule has 1 unspecified atom stereocenters. The normalized spacial score (nSPS) is 11.3. The van der Waals surface area contributed by atoms with Gasteiger partial charge in [-0.2, -0.15) is 11.8 Å². The minimum absolute atomic E-state index is 0. The molecular weight excluding hydrogens is 345 g/mol. The second-order valence-corrected chi connectivity index (χ2v) is 6.16. The average molecular weight is 366 g/mol. The molecule has 22 heavy (non-hydrogen) atoms. The Morgan fingerprint density at radius 2 is 2.05 bits per heavy atom. The zero-order chi connectivity index (χ0) is 16.0. The van der Waals surface area contributed by atoms with Crippen molar-refractivity contribution in [1.29, 1.82) is 0 Å². The summed E-state index contributed by atoms with van der Waals surface area (Å²) in [7, 11) is 3.30. The topological polar surface area (TPSA) is 75.4 Å². The summed E-state index contributed by atoms with van der Waals surface area (Å²) >= 11 is 7.72. The molecule has 1 aromatic rings. The summed E-state index contributed by atoms with van der Waals surface area (Å²) in [5.41, 5.74) is 6.71. The van der Waals surface area contributed by atoms with Crippen LogP contribution in [0.15, 0.2) is 18.2 Å². The van der Waals surface area contributed by atoms with Crippen molar-refractivity contribution in [2.24, 2.45) is 5.73 Å². The number of nitrogens with two attached hydrogens (primary N) is 1. The van der Waals surface area contributed by atoms with Crippen LogP contribution < -0.4 is 11.1 Å². The Morgan fingerprint density at radius 1 is 1.41 bits per heavy atom. The summed E-state index contributed by atoms with van der Waals surface area (Å²) in [6.45, 7) is 0. The molecule has 0 bridgehead atoms. The molecule has 124 valence electrons. The lowest BCUT2D eigenvalue weighted by Crippen LogP contribution is -2.36. The third kappa shape index (κ3) is 6.04. The molecule has 3 N–H and O–H groups in total. The molecule has 0 heterocycles. The summed E-state index contributed by atoms with van der Waals surface area (Å²) in [6.07, 6.45) is 2.57. The van der Waals surface area contributed by atoms with Crippen molar-refractivity contribution in [1.82, 2.24) is 4.90 Å². The number of rotatable bonds is 6. The summed E-state index contributed by atoms with van der Waals surface area (Å²) in [5.74, 6) is 0.382. The van der Waals surface area contributed by atoms with Gasteiger partial charge in [-0.1, -0.05) is 11.6 Å². The van der Waals surface area contributed by atoms with Gasteiger partial charge in [0.25, 0.3) is 5.91 Å². The van der Waals surface area contributed by atoms with Crippen molar-refractivity contribution in [3.8, 4) is 0 Å². The van der Waals surface area contributed by atoms with E-state index >= 15 is 0 Å². The molecule has 0 fully saturated rings. The molecule has 0 aromatic heterocycles. The van der Waals surface area contributed by atoms with E-state index in [0.717, 1.165) is 5.75 Å². The molecule has 0 radical (unpaired) electrons. The number of benzene rings is 1. The van der Waals surface area contributed by atoms with Gasteiger partial charge in [0.05, 0.1) is 16.6 Å². The number of carbonyl (C=O) groups is 2. The summed E-state index contributed by atoms with van der Waals surface area (Å²) in [4.78, 5) is 25.2. The quantitative estimate of drug-likeness (QED) is 0.811. The summed E-state index contributed by atoms with van der Waals surface area (Å²) in [6, 6.07) is 4.23. The minimum Gasteiger partial charge on any atom is -0.345 e. The van der Waals surface area contributed by atoms with Gasteiger partial charge in [-0.05, 0) is 36.6 Å². The highest BCUT2D eigenvalue weighted by molar-refractivity contribution is 7.98. The Morgan fingerprint density at radius 3 is 2.55 bits per heavy atom. The Hall–Kier alpha value is -0.950. The minimum atomic E-state index is -0.556. The maximum Gasteiger partial charge on any atom is 0.254 e. The third-order valence-corrected chi connectivity index (χ3v) is 3.80. The predicted octanol–water partition coefficient (Wildman–Crippen LogP) is 2.48. The number of nitrogens with one attached hydrogen (secondary N) is 1. The SMILES string of the molecule is CSCCC(N)C(=O)Nc1ccc(C(=O)N(C)C)c(Cl)c1.Cl. The van der Waals surface area contributed by atoms with E-state index in [4.69, 9.17) is 17.3 Å². The molecule has 0 saturated carbocycles. The van der Waals surface area contributed by atoms with Crippen molar-refractivity contribution in [2.45, 2.75) is 12.5 Å². The second kappa shape index (κ2) is 9.94. The van der Waals surface area contributed by atoms with Gasteiger partial charge in [0.15, 0.2) is 0 Å². The zero-order valence-electron chi connectivity index (χ0n) is 12.8. The first-order valence-corrected chi connectivity index (χ1v) is 8.20. The van der Waals surface area contributed by atoms with Crippen molar-refractivity contribution in [2.75, 3.05) is 31.4 Å². The van der Waals surface area contributed by atoms with Crippen molar-refractivity contribution >= 4 is 53.3 Å². The van der Waals surface area contributed by atoms with Crippen LogP contribution in [0.25, 0.3) is 0 Å². The first kappa shape index (κ1) is 21.0. The Balaban J connectivity index is 0.00000441. The van der Waals surface area contributed by atoms with Gasteiger partial charge < -0.3 is 16.0 Å². The van der Waals surface area contributed by atoms with Crippen molar-refractivity contribution < 1.29 is 9.59 Å². The lowest BCUT2D eigenvalue weighted by Gasteiger charge is -2.14. The van der Waals surface area contributed by atoms with Crippen LogP contribution in [0.1, 0.15) is 16.8 Å². The van der Waals surface area contributed by atoms with Crippen molar-refractivity contribution in [3.05, 3.63) is 28.8 Å². The van der Waals surface area contributed by atoms with Gasteiger partial charge in [0.1, 0.15) is 0 Å². The average Bonchev–Trinajstić information content (AvgIpc) is 2.44. The molecule has 1 aromatic carbocycles. The Kier molecular flexibility index (Phi) is 9.51. The first-order chi connectivity index (χ1) is 9.86. The first-order valence-electron chi connectivity index (χ1n) is 6.43. The number of hydrogen-bond donors (Lipinski definition) is 2. The third-order valence-electron chi connectivity index (χ3n) is 2.84. The van der Waals surface area contributed by atoms with Crippen LogP contribution in [0, 0.1) is 0 Å². The molecule has 0 aliphatic heterocycles. The highest BCUT2D eigenvalue weighted by Gasteiger charge is 2.16. The standard InChI is InChI=1S/C14H20ClN3O2S.ClH/c1-18(2)14(20)10-5-4-9(8-11(10)15)17-13(19)12(16)6-7-21-3;/h4-5,8,12H,6-7,16H2,1-3H3,(H,17,19);1H. The molecule has 5 nitrogen and oxygen atoms in total. The number of anilines is 1. The van der Waals surface area contributed by atoms with Crippen LogP contribution in [0.5, 0.6) is 0 Å². The maximum atomic E-state index is 11.9. The number of thioether (sulfide) groups is 1. The Labute approximate surface area is 146 Å². The van der Waals surface area contributed by atoms with Crippen LogP contribution in [0.2, 0.25) is 5.02 Å². The molecule has 0 saturated heterocycles. The van der Waals surface area contributed by atoms with Crippen LogP contribution in [0.4, 0.5) is 5.69 Å². The van der Waals surface area contributed by atoms with Crippen LogP contribution in [-0.4, -0.2) is 48.9 Å². The molecular formula is C14H21Cl2N3O2S. The fourth-order valence-corrected chi connectivity index (χ4v) is 2.37. The zero-order valence-corrected chi connectivity index (χ0v) is 15.1. The molecule has 1 atom stereocenters. The predicted molar refractivity (Wildman–Crippen MR) is 96.3 cm³/mol. The molecule has 0 aliphatic rings. The van der Waals surface area contributed by atoms with Gasteiger partial charge in [0, 0.05) is 19.8 Å². The van der Waals surface area contributed by atoms with E-state index < -0.39 is 6.04 Å². The smallest absolute Gasteiger partial charge is 0.254 e. The lowest BCUT2D eigenvalue weighted by atomic mass is 10.1. The van der Waals surface area contributed by atoms with E-state index in [-0.39, 0.29) is 24.2 Å². The molecule has 0 aliphatic carbocycles. The van der Waals surface area contributed by atoms with Crippen LogP contribution >= 0.6 is 35.8 Å². The fourth-order valence-electron chi connectivity index (χ4n) is 1.62. The van der Waals surface area contributed by atoms with Gasteiger partial charge in [-0.3, -0.25) is 9.59 Å². The number of carbonyl (C=O) groups excluding carboxylic acids is 2. The molecule has 2 amide bonds. The van der Waals surface area contributed by atoms with Crippen molar-refractivity contribution in [3.63, 3.8) is 0 Å². The summed E-state index contributed by atoms with van der Waals surface area (Å²) in [5, 5.41) is 3.00. The lowest BCUT2D eigenvalue weighted by molar-refractivity contribution is -0.117. The van der Waals surface area contributed by atoms with Crippen LogP contribution in [0.3, 0.4) is 0 Å². The van der Waals surface area contributed by atoms with E-state index in [1.54, 1.807) is 44.1 Å². The highest BCUT2D eigenvalue weighted by atomic mass is 35.5. The number of halogens is 2. The van der Waals surface area contributed by atoms with Gasteiger partial charge in [-0.15, -0.1) is 12.4 Å². The van der Waals surface area contributed by atoms with E-state index in [9.17, 15) is 9.59 Å². The van der Waals surface area contributed by atoms with Gasteiger partial charge in [-0.25, -0.2) is 0 Å². The fraction of sp³-hybridized carbons (Fsp3) is 0.429. The highest BCUT2D eigenvalue weighted by Crippen LogP contribution is 2.22. The molecule has 8 heteroatoms. The largest absolute Gasteiger partial charge is 0.345 e. The van der Waals surface area contributed by atoms with Crippen LogP contribution in [-0.2, 0) is 4.79 Å². The summed E-state index contributed by atoms with van der Waals surface area (Å²) < 4.78 is 0. The molecule has 0 spiro atoms. The number of hydrogen-bond acceptors (Lipinski definition) is 4. The maximum absolute atomic E-state index is 11.9. The van der Waals surface area contributed by atoms with E-state index in [0.29, 0.717) is 22.7 Å². The van der Waals surface area contributed by atoms with E-state index in [2.05, 4.69) is 5.32 Å². The number of nitrogens with zero attached hydrogens (tertiary/aromatic N) is 1. The monoisotopic (exact) mass is 365 g/mol. The Bertz CT molecular complexity index is 527.